The second kappa shape index (κ2) is 6.25. The Morgan fingerprint density at radius 2 is 2.23 bits per heavy atom. The van der Waals surface area contributed by atoms with Gasteiger partial charge in [0.1, 0.15) is 10.8 Å². The van der Waals surface area contributed by atoms with E-state index in [4.69, 9.17) is 4.52 Å². The maximum Gasteiger partial charge on any atom is 0.239 e. The number of benzene rings is 1. The Morgan fingerprint density at radius 1 is 1.41 bits per heavy atom. The zero-order valence-electron chi connectivity index (χ0n) is 12.4. The monoisotopic (exact) mass is 316 g/mol. The van der Waals surface area contributed by atoms with Crippen molar-refractivity contribution in [2.75, 3.05) is 18.9 Å². The molecule has 3 aromatic rings. The lowest BCUT2D eigenvalue weighted by Crippen LogP contribution is -2.29. The number of carbonyl (C=O) groups excluding carboxylic acids is 1. The molecule has 1 N–H and O–H groups in total. The molecule has 22 heavy (non-hydrogen) atoms. The van der Waals surface area contributed by atoms with Crippen molar-refractivity contribution in [2.24, 2.45) is 0 Å². The summed E-state index contributed by atoms with van der Waals surface area (Å²) in [6.45, 7) is 2.67. The average molecular weight is 316 g/mol. The molecule has 0 aliphatic carbocycles. The summed E-state index contributed by atoms with van der Waals surface area (Å²) in [6.07, 6.45) is 0. The summed E-state index contributed by atoms with van der Waals surface area (Å²) < 4.78 is 6.07. The van der Waals surface area contributed by atoms with Gasteiger partial charge in [0.15, 0.2) is 5.82 Å². The lowest BCUT2D eigenvalue weighted by Gasteiger charge is -2.13. The van der Waals surface area contributed by atoms with Gasteiger partial charge in [0.05, 0.1) is 23.3 Å². The molecule has 3 rings (SSSR count). The number of para-hydroxylation sites is 1. The third-order valence-corrected chi connectivity index (χ3v) is 4.07. The first-order chi connectivity index (χ1) is 10.6. The minimum atomic E-state index is -0.128. The summed E-state index contributed by atoms with van der Waals surface area (Å²) in [7, 11) is 1.89. The van der Waals surface area contributed by atoms with Crippen LogP contribution in [0.15, 0.2) is 34.9 Å². The van der Waals surface area contributed by atoms with E-state index in [1.807, 2.05) is 30.1 Å². The predicted molar refractivity (Wildman–Crippen MR) is 85.8 cm³/mol. The number of amides is 1. The van der Waals surface area contributed by atoms with Crippen LogP contribution < -0.4 is 5.32 Å². The number of nitrogens with one attached hydrogen (secondary N) is 1. The average Bonchev–Trinajstić information content (AvgIpc) is 3.03. The summed E-state index contributed by atoms with van der Waals surface area (Å²) in [4.78, 5) is 18.4. The van der Waals surface area contributed by atoms with Crippen molar-refractivity contribution in [1.82, 2.24) is 15.0 Å². The molecule has 0 bridgehead atoms. The van der Waals surface area contributed by atoms with Crippen LogP contribution in [0.1, 0.15) is 10.8 Å². The number of anilines is 1. The van der Waals surface area contributed by atoms with Gasteiger partial charge in [-0.2, -0.15) is 0 Å². The van der Waals surface area contributed by atoms with E-state index in [0.717, 1.165) is 15.2 Å². The van der Waals surface area contributed by atoms with Gasteiger partial charge in [0, 0.05) is 6.07 Å². The smallest absolute Gasteiger partial charge is 0.239 e. The summed E-state index contributed by atoms with van der Waals surface area (Å²) in [5.41, 5.74) is 0.999. The number of carbonyl (C=O) groups is 1. The zero-order chi connectivity index (χ0) is 15.5. The third-order valence-electron chi connectivity index (χ3n) is 3.05. The second-order valence-electron chi connectivity index (χ2n) is 5.12. The molecule has 0 saturated heterocycles. The molecule has 0 aliphatic rings. The Hall–Kier alpha value is -2.25. The van der Waals surface area contributed by atoms with Gasteiger partial charge in [-0.15, -0.1) is 11.3 Å². The minimum absolute atomic E-state index is 0.128. The molecule has 0 aliphatic heterocycles. The molecule has 6 nitrogen and oxygen atoms in total. The number of hydrogen-bond acceptors (Lipinski definition) is 6. The van der Waals surface area contributed by atoms with Gasteiger partial charge in [0.25, 0.3) is 0 Å². The van der Waals surface area contributed by atoms with Crippen LogP contribution >= 0.6 is 11.3 Å². The van der Waals surface area contributed by atoms with Gasteiger partial charge in [-0.25, -0.2) is 4.98 Å². The fourth-order valence-electron chi connectivity index (χ4n) is 2.13. The Morgan fingerprint density at radius 3 is 2.95 bits per heavy atom. The van der Waals surface area contributed by atoms with Gasteiger partial charge >= 0.3 is 0 Å². The van der Waals surface area contributed by atoms with Gasteiger partial charge < -0.3 is 9.84 Å². The molecular weight excluding hydrogens is 300 g/mol. The van der Waals surface area contributed by atoms with Crippen molar-refractivity contribution in [2.45, 2.75) is 13.5 Å². The summed E-state index contributed by atoms with van der Waals surface area (Å²) in [6, 6.07) is 9.71. The quantitative estimate of drug-likeness (QED) is 0.783. The number of nitrogens with zero attached hydrogens (tertiary/aromatic N) is 3. The SMILES string of the molecule is Cc1cc(NC(=O)CN(C)Cc2nc3ccccc3s2)no1. The van der Waals surface area contributed by atoms with Crippen LogP contribution in [0.4, 0.5) is 5.82 Å². The largest absolute Gasteiger partial charge is 0.360 e. The van der Waals surface area contributed by atoms with E-state index in [9.17, 15) is 4.79 Å². The normalized spacial score (nSPS) is 11.2. The molecule has 1 aromatic carbocycles. The zero-order valence-corrected chi connectivity index (χ0v) is 13.2. The molecule has 0 radical (unpaired) electrons. The molecule has 0 fully saturated rings. The predicted octanol–water partition coefficient (Wildman–Crippen LogP) is 2.66. The fraction of sp³-hybridized carbons (Fsp3) is 0.267. The maximum absolute atomic E-state index is 11.9. The number of aryl methyl sites for hydroxylation is 1. The Labute approximate surface area is 131 Å². The standard InChI is InChI=1S/C15H16N4O2S/c1-10-7-13(18-21-10)17-14(20)8-19(2)9-15-16-11-5-3-4-6-12(11)22-15/h3-7H,8-9H2,1-2H3,(H,17,18,20). The highest BCUT2D eigenvalue weighted by molar-refractivity contribution is 7.18. The first kappa shape index (κ1) is 14.7. The fourth-order valence-corrected chi connectivity index (χ4v) is 3.17. The summed E-state index contributed by atoms with van der Waals surface area (Å²) in [5.74, 6) is 0.978. The Bertz CT molecular complexity index is 763. The molecule has 0 unspecified atom stereocenters. The third kappa shape index (κ3) is 3.49. The highest BCUT2D eigenvalue weighted by Gasteiger charge is 2.11. The maximum atomic E-state index is 11.9. The van der Waals surface area contributed by atoms with Crippen molar-refractivity contribution in [1.29, 1.82) is 0 Å². The lowest BCUT2D eigenvalue weighted by molar-refractivity contribution is -0.117. The second-order valence-corrected chi connectivity index (χ2v) is 6.23. The van der Waals surface area contributed by atoms with E-state index in [-0.39, 0.29) is 12.5 Å². The first-order valence-corrected chi connectivity index (χ1v) is 7.68. The minimum Gasteiger partial charge on any atom is -0.360 e. The molecule has 2 aromatic heterocycles. The number of rotatable bonds is 5. The van der Waals surface area contributed by atoms with E-state index >= 15 is 0 Å². The van der Waals surface area contributed by atoms with Crippen LogP contribution in [0.25, 0.3) is 10.2 Å². The van der Waals surface area contributed by atoms with Gasteiger partial charge in [-0.05, 0) is 26.1 Å². The molecule has 114 valence electrons. The number of aromatic nitrogens is 2. The van der Waals surface area contributed by atoms with Crippen LogP contribution in [-0.4, -0.2) is 34.5 Å². The molecule has 0 atom stereocenters. The van der Waals surface area contributed by atoms with E-state index in [2.05, 4.69) is 21.5 Å². The van der Waals surface area contributed by atoms with Gasteiger partial charge in [-0.3, -0.25) is 9.69 Å². The van der Waals surface area contributed by atoms with Crippen LogP contribution in [0.5, 0.6) is 0 Å². The number of thiazole rings is 1. The first-order valence-electron chi connectivity index (χ1n) is 6.86. The van der Waals surface area contributed by atoms with Crippen molar-refractivity contribution in [3.8, 4) is 0 Å². The molecule has 0 saturated carbocycles. The molecule has 0 spiro atoms. The van der Waals surface area contributed by atoms with Crippen molar-refractivity contribution < 1.29 is 9.32 Å². The van der Waals surface area contributed by atoms with Crippen molar-refractivity contribution >= 4 is 33.3 Å². The Kier molecular flexibility index (Phi) is 4.17. The number of hydrogen-bond donors (Lipinski definition) is 1. The Balaban J connectivity index is 1.57. The van der Waals surface area contributed by atoms with E-state index in [1.165, 1.54) is 0 Å². The number of likely N-dealkylation sites (N-methyl/N-ethyl adjacent to an activating group) is 1. The summed E-state index contributed by atoms with van der Waals surface area (Å²) in [5, 5.41) is 7.44. The van der Waals surface area contributed by atoms with Crippen molar-refractivity contribution in [3.05, 3.63) is 41.1 Å². The van der Waals surface area contributed by atoms with E-state index < -0.39 is 0 Å². The van der Waals surface area contributed by atoms with Crippen LogP contribution in [0, 0.1) is 6.92 Å². The highest BCUT2D eigenvalue weighted by atomic mass is 32.1. The molecular formula is C15H16N4O2S. The molecule has 1 amide bonds. The lowest BCUT2D eigenvalue weighted by atomic mass is 10.3. The number of fused-ring (bicyclic) bond motifs is 1. The molecule has 7 heteroatoms. The van der Waals surface area contributed by atoms with Crippen LogP contribution in [-0.2, 0) is 11.3 Å². The highest BCUT2D eigenvalue weighted by Crippen LogP contribution is 2.22. The van der Waals surface area contributed by atoms with E-state index in [0.29, 0.717) is 18.1 Å². The van der Waals surface area contributed by atoms with Gasteiger partial charge in [0.2, 0.25) is 5.91 Å². The van der Waals surface area contributed by atoms with Gasteiger partial charge in [-0.1, -0.05) is 17.3 Å². The van der Waals surface area contributed by atoms with E-state index in [1.54, 1.807) is 24.3 Å². The summed E-state index contributed by atoms with van der Waals surface area (Å²) >= 11 is 1.65. The molecule has 2 heterocycles. The van der Waals surface area contributed by atoms with Crippen LogP contribution in [0.3, 0.4) is 0 Å². The van der Waals surface area contributed by atoms with Crippen LogP contribution in [0.2, 0.25) is 0 Å². The van der Waals surface area contributed by atoms with Crippen molar-refractivity contribution in [3.63, 3.8) is 0 Å². The topological polar surface area (TPSA) is 71.3 Å².